The summed E-state index contributed by atoms with van der Waals surface area (Å²) < 4.78 is 1.67. The van der Waals surface area contributed by atoms with Gasteiger partial charge in [-0.25, -0.2) is 0 Å². The topological polar surface area (TPSA) is 152 Å². The van der Waals surface area contributed by atoms with E-state index in [1.807, 2.05) is 13.2 Å². The van der Waals surface area contributed by atoms with Crippen LogP contribution in [0.15, 0.2) is 17.2 Å². The fraction of sp³-hybridized carbons (Fsp3) is 0.533. The van der Waals surface area contributed by atoms with Crippen LogP contribution in [-0.4, -0.2) is 42.1 Å². The Hall–Kier alpha value is -2.75. The summed E-state index contributed by atoms with van der Waals surface area (Å²) in [4.78, 5) is 26.4. The van der Waals surface area contributed by atoms with Crippen LogP contribution in [0, 0.1) is 5.92 Å². The van der Waals surface area contributed by atoms with Gasteiger partial charge < -0.3 is 16.2 Å². The number of carbonyl (C=O) groups excluding carboxylic acids is 1. The second kappa shape index (κ2) is 7.01. The highest BCUT2D eigenvalue weighted by Gasteiger charge is 2.36. The number of nitrogens with zero attached hydrogens (tertiary/aromatic N) is 4. The fourth-order valence-corrected chi connectivity index (χ4v) is 2.99. The lowest BCUT2D eigenvalue weighted by molar-refractivity contribution is -0.123. The van der Waals surface area contributed by atoms with Crippen LogP contribution < -0.4 is 16.6 Å². The van der Waals surface area contributed by atoms with Crippen molar-refractivity contribution < 1.29 is 9.90 Å². The van der Waals surface area contributed by atoms with Gasteiger partial charge in [0.1, 0.15) is 5.69 Å². The highest BCUT2D eigenvalue weighted by atomic mass is 16.3. The average molecular weight is 347 g/mol. The van der Waals surface area contributed by atoms with Gasteiger partial charge in [0.15, 0.2) is 0 Å². The van der Waals surface area contributed by atoms with Crippen molar-refractivity contribution in [2.45, 2.75) is 37.8 Å². The number of anilines is 1. The number of aliphatic hydroxyl groups excluding tert-OH is 1. The molecule has 1 amide bonds. The van der Waals surface area contributed by atoms with E-state index in [0.717, 1.165) is 5.56 Å². The van der Waals surface area contributed by atoms with Crippen molar-refractivity contribution in [3.05, 3.63) is 34.0 Å². The summed E-state index contributed by atoms with van der Waals surface area (Å²) in [5.41, 5.74) is 5.98. The van der Waals surface area contributed by atoms with E-state index in [1.54, 1.807) is 10.9 Å². The van der Waals surface area contributed by atoms with Crippen LogP contribution in [0.4, 0.5) is 5.95 Å². The number of nitrogen functional groups attached to an aromatic ring is 1. The van der Waals surface area contributed by atoms with Crippen molar-refractivity contribution in [1.82, 2.24) is 30.3 Å². The number of carbonyl (C=O) groups is 1. The Morgan fingerprint density at radius 2 is 2.28 bits per heavy atom. The molecule has 0 aliphatic heterocycles. The molecule has 1 atom stereocenters. The second-order valence-electron chi connectivity index (χ2n) is 6.36. The molecule has 1 saturated carbocycles. The highest BCUT2D eigenvalue weighted by Crippen LogP contribution is 2.37. The number of nitrogens with two attached hydrogens (primary N) is 1. The maximum atomic E-state index is 12.3. The first-order valence-electron chi connectivity index (χ1n) is 8.09. The van der Waals surface area contributed by atoms with Crippen molar-refractivity contribution in [1.29, 1.82) is 0 Å². The largest absolute Gasteiger partial charge is 0.393 e. The van der Waals surface area contributed by atoms with E-state index in [9.17, 15) is 14.7 Å². The van der Waals surface area contributed by atoms with E-state index < -0.39 is 5.56 Å². The van der Waals surface area contributed by atoms with Gasteiger partial charge in [-0.05, 0) is 18.8 Å². The summed E-state index contributed by atoms with van der Waals surface area (Å²) in [5, 5.41) is 24.0. The van der Waals surface area contributed by atoms with Gasteiger partial charge in [-0.15, -0.1) is 10.2 Å². The lowest BCUT2D eigenvalue weighted by Crippen LogP contribution is -2.41. The zero-order valence-electron chi connectivity index (χ0n) is 13.8. The number of aryl methyl sites for hydroxylation is 2. The molecule has 10 nitrogen and oxygen atoms in total. The molecule has 10 heteroatoms. The normalized spacial score (nSPS) is 20.7. The van der Waals surface area contributed by atoms with Crippen molar-refractivity contribution in [3.8, 4) is 0 Å². The van der Waals surface area contributed by atoms with Crippen LogP contribution >= 0.6 is 0 Å². The lowest BCUT2D eigenvalue weighted by atomic mass is 9.75. The summed E-state index contributed by atoms with van der Waals surface area (Å²) in [5.74, 6) is -0.0884. The molecule has 2 heterocycles. The number of aromatic nitrogens is 5. The number of nitrogens with one attached hydrogen (secondary N) is 2. The number of hydrogen-bond donors (Lipinski definition) is 4. The van der Waals surface area contributed by atoms with E-state index in [0.29, 0.717) is 12.8 Å². The van der Waals surface area contributed by atoms with E-state index in [-0.39, 0.29) is 48.5 Å². The summed E-state index contributed by atoms with van der Waals surface area (Å²) >= 11 is 0. The van der Waals surface area contributed by atoms with Gasteiger partial charge in [0.2, 0.25) is 11.9 Å². The van der Waals surface area contributed by atoms with Gasteiger partial charge in [-0.1, -0.05) is 0 Å². The lowest BCUT2D eigenvalue weighted by Gasteiger charge is -2.37. The van der Waals surface area contributed by atoms with E-state index in [1.165, 1.54) is 0 Å². The monoisotopic (exact) mass is 347 g/mol. The molecule has 1 unspecified atom stereocenters. The number of aromatic amines is 1. The van der Waals surface area contributed by atoms with Gasteiger partial charge in [0, 0.05) is 31.6 Å². The maximum absolute atomic E-state index is 12.3. The Morgan fingerprint density at radius 1 is 1.52 bits per heavy atom. The Morgan fingerprint density at radius 3 is 2.88 bits per heavy atom. The van der Waals surface area contributed by atoms with Crippen LogP contribution in [0.3, 0.4) is 0 Å². The molecule has 134 valence electrons. The average Bonchev–Trinajstić information content (AvgIpc) is 2.95. The van der Waals surface area contributed by atoms with Crippen molar-refractivity contribution in [2.75, 3.05) is 5.73 Å². The Kier molecular flexibility index (Phi) is 4.79. The molecule has 0 radical (unpaired) electrons. The number of H-pyrrole nitrogens is 1. The smallest absolute Gasteiger partial charge is 0.274 e. The summed E-state index contributed by atoms with van der Waals surface area (Å²) in [6.07, 6.45) is 4.81. The van der Waals surface area contributed by atoms with Crippen molar-refractivity contribution in [3.63, 3.8) is 0 Å². The van der Waals surface area contributed by atoms with Crippen molar-refractivity contribution in [2.24, 2.45) is 13.0 Å². The second-order valence-corrected chi connectivity index (χ2v) is 6.36. The summed E-state index contributed by atoms with van der Waals surface area (Å²) in [6, 6.07) is -0.208. The van der Waals surface area contributed by atoms with E-state index in [4.69, 9.17) is 5.73 Å². The minimum atomic E-state index is -0.439. The summed E-state index contributed by atoms with van der Waals surface area (Å²) in [6.45, 7) is 0. The van der Waals surface area contributed by atoms with Crippen LogP contribution in [-0.2, 0) is 18.3 Å². The predicted octanol–water partition coefficient (Wildman–Crippen LogP) is -0.958. The number of aliphatic hydroxyl groups is 1. The first kappa shape index (κ1) is 17.1. The summed E-state index contributed by atoms with van der Waals surface area (Å²) in [7, 11) is 1.81. The molecule has 25 heavy (non-hydrogen) atoms. The molecule has 0 saturated heterocycles. The van der Waals surface area contributed by atoms with Gasteiger partial charge in [0.25, 0.3) is 5.56 Å². The zero-order chi connectivity index (χ0) is 18.0. The molecule has 2 aromatic heterocycles. The molecule has 0 bridgehead atoms. The molecule has 0 spiro atoms. The van der Waals surface area contributed by atoms with Gasteiger partial charge in [0.05, 0.1) is 18.3 Å². The molecule has 3 rings (SSSR count). The third-order valence-electron chi connectivity index (χ3n) is 4.39. The van der Waals surface area contributed by atoms with Crippen LogP contribution in [0.1, 0.15) is 36.6 Å². The van der Waals surface area contributed by atoms with Gasteiger partial charge >= 0.3 is 0 Å². The molecule has 2 aromatic rings. The molecular weight excluding hydrogens is 326 g/mol. The van der Waals surface area contributed by atoms with E-state index in [2.05, 4.69) is 25.6 Å². The minimum absolute atomic E-state index is 0.0571. The molecule has 1 fully saturated rings. The number of amides is 1. The fourth-order valence-electron chi connectivity index (χ4n) is 2.99. The van der Waals surface area contributed by atoms with Gasteiger partial charge in [-0.2, -0.15) is 5.10 Å². The zero-order valence-corrected chi connectivity index (χ0v) is 13.8. The molecule has 1 aliphatic rings. The molecule has 5 N–H and O–H groups in total. The first-order valence-corrected chi connectivity index (χ1v) is 8.09. The molecular formula is C15H21N7O3. The first-order chi connectivity index (χ1) is 11.9. The molecule has 0 aromatic carbocycles. The van der Waals surface area contributed by atoms with Crippen LogP contribution in [0.5, 0.6) is 0 Å². The number of hydrogen-bond acceptors (Lipinski definition) is 7. The van der Waals surface area contributed by atoms with Crippen molar-refractivity contribution >= 4 is 11.9 Å². The predicted molar refractivity (Wildman–Crippen MR) is 88.2 cm³/mol. The van der Waals surface area contributed by atoms with Crippen LogP contribution in [0.25, 0.3) is 0 Å². The molecule has 1 aliphatic carbocycles. The standard InChI is InChI=1S/C15H21N7O3/c1-22-7-9(6-17-22)13(8-4-10(23)5-8)18-12(24)3-2-11-14(25)19-15(16)21-20-11/h6-8,10,13,23H,2-5H2,1H3,(H,18,24)(H3,16,19,21,25). The maximum Gasteiger partial charge on any atom is 0.274 e. The third kappa shape index (κ3) is 4.02. The minimum Gasteiger partial charge on any atom is -0.393 e. The Labute approximate surface area is 143 Å². The highest BCUT2D eigenvalue weighted by molar-refractivity contribution is 5.76. The van der Waals surface area contributed by atoms with Crippen LogP contribution in [0.2, 0.25) is 0 Å². The number of rotatable bonds is 6. The SMILES string of the molecule is Cn1cc(C(NC(=O)CCc2nnc(N)[nH]c2=O)C2CC(O)C2)cn1. The Bertz CT molecular complexity index is 809. The Balaban J connectivity index is 1.63. The van der Waals surface area contributed by atoms with Gasteiger partial charge in [-0.3, -0.25) is 19.3 Å². The third-order valence-corrected chi connectivity index (χ3v) is 4.39. The quantitative estimate of drug-likeness (QED) is 0.525. The van der Waals surface area contributed by atoms with E-state index >= 15 is 0 Å².